The molecule has 182 valence electrons. The third-order valence-corrected chi connectivity index (χ3v) is 8.09. The second kappa shape index (κ2) is 8.68. The van der Waals surface area contributed by atoms with E-state index < -0.39 is 5.85 Å². The minimum atomic E-state index is -1.27. The first-order chi connectivity index (χ1) is 18.1. The summed E-state index contributed by atoms with van der Waals surface area (Å²) in [5.41, 5.74) is 3.99. The fraction of sp³-hybridized carbons (Fsp3) is 0.103. The monoisotopic (exact) mass is 569 g/mol. The summed E-state index contributed by atoms with van der Waals surface area (Å²) in [6, 6.07) is 29.7. The maximum atomic E-state index is 12.9. The maximum absolute atomic E-state index is 12.9. The number of ether oxygens (including phenoxy) is 1. The average Bonchev–Trinajstić information content (AvgIpc) is 3.65. The van der Waals surface area contributed by atoms with E-state index in [1.54, 1.807) is 0 Å². The Morgan fingerprint density at radius 3 is 2.54 bits per heavy atom. The van der Waals surface area contributed by atoms with Gasteiger partial charge in [-0.1, -0.05) is 76.6 Å². The lowest BCUT2D eigenvalue weighted by Crippen LogP contribution is -2.61. The van der Waals surface area contributed by atoms with Crippen molar-refractivity contribution < 1.29 is 13.9 Å². The SMILES string of the molecule is O=C1NC2(Oc3ccc(Br)cc3C3CC(c4ccccc4)=NN32)C(=Cc2ccc(-c3ccccc3)o2)S1. The van der Waals surface area contributed by atoms with Crippen LogP contribution >= 0.6 is 27.7 Å². The summed E-state index contributed by atoms with van der Waals surface area (Å²) >= 11 is 4.70. The molecule has 3 aromatic carbocycles. The zero-order chi connectivity index (χ0) is 25.0. The van der Waals surface area contributed by atoms with Crippen molar-refractivity contribution in [2.75, 3.05) is 0 Å². The Morgan fingerprint density at radius 1 is 1.00 bits per heavy atom. The lowest BCUT2D eigenvalue weighted by molar-refractivity contribution is -0.0949. The average molecular weight is 570 g/mol. The number of benzene rings is 3. The molecule has 0 radical (unpaired) electrons. The van der Waals surface area contributed by atoms with Crippen LogP contribution in [0, 0.1) is 0 Å². The molecular weight excluding hydrogens is 550 g/mol. The summed E-state index contributed by atoms with van der Waals surface area (Å²) < 4.78 is 13.7. The van der Waals surface area contributed by atoms with E-state index in [2.05, 4.69) is 39.4 Å². The molecule has 37 heavy (non-hydrogen) atoms. The summed E-state index contributed by atoms with van der Waals surface area (Å²) in [5, 5.41) is 9.80. The predicted octanol–water partition coefficient (Wildman–Crippen LogP) is 7.40. The molecule has 0 aliphatic carbocycles. The highest BCUT2D eigenvalue weighted by Crippen LogP contribution is 2.53. The molecule has 4 aromatic rings. The fourth-order valence-corrected chi connectivity index (χ4v) is 6.28. The summed E-state index contributed by atoms with van der Waals surface area (Å²) in [5.74, 6) is 0.827. The highest BCUT2D eigenvalue weighted by atomic mass is 79.9. The molecule has 2 atom stereocenters. The molecule has 1 fully saturated rings. The van der Waals surface area contributed by atoms with E-state index >= 15 is 0 Å². The van der Waals surface area contributed by atoms with E-state index in [0.717, 1.165) is 44.4 Å². The Balaban J connectivity index is 1.35. The standard InChI is InChI=1S/C29H20BrN3O3S/c30-20-11-13-26-22(15-20)24-17-23(18-7-3-1-4-8-18)32-33(24)29(36-26)27(37-28(34)31-29)16-21-12-14-25(35-21)19-9-5-2-6-10-19/h1-16,24H,17H2,(H,31,34). The minimum Gasteiger partial charge on any atom is -0.457 e. The first-order valence-corrected chi connectivity index (χ1v) is 13.5. The Bertz CT molecular complexity index is 1580. The second-order valence-electron chi connectivity index (χ2n) is 9.00. The third kappa shape index (κ3) is 3.79. The van der Waals surface area contributed by atoms with Gasteiger partial charge >= 0.3 is 5.85 Å². The molecule has 0 bridgehead atoms. The lowest BCUT2D eigenvalue weighted by Gasteiger charge is -2.45. The molecule has 7 rings (SSSR count). The molecule has 1 spiro atoms. The van der Waals surface area contributed by atoms with Gasteiger partial charge in [0.1, 0.15) is 17.3 Å². The van der Waals surface area contributed by atoms with Crippen LogP contribution in [0.4, 0.5) is 4.79 Å². The highest BCUT2D eigenvalue weighted by molar-refractivity contribution is 9.10. The number of carbonyl (C=O) groups excluding carboxylic acids is 1. The third-order valence-electron chi connectivity index (χ3n) is 6.70. The first-order valence-electron chi connectivity index (χ1n) is 11.9. The Morgan fingerprint density at radius 2 is 1.76 bits per heavy atom. The molecule has 1 N–H and O–H groups in total. The molecule has 8 heteroatoms. The molecule has 4 heterocycles. The van der Waals surface area contributed by atoms with Crippen LogP contribution < -0.4 is 10.1 Å². The molecule has 3 aliphatic rings. The van der Waals surface area contributed by atoms with Crippen LogP contribution in [0.3, 0.4) is 0 Å². The van der Waals surface area contributed by atoms with E-state index in [9.17, 15) is 4.79 Å². The zero-order valence-electron chi connectivity index (χ0n) is 19.4. The van der Waals surface area contributed by atoms with Gasteiger partial charge in [-0.3, -0.25) is 10.1 Å². The Hall–Kier alpha value is -3.75. The van der Waals surface area contributed by atoms with Crippen molar-refractivity contribution in [1.29, 1.82) is 0 Å². The summed E-state index contributed by atoms with van der Waals surface area (Å²) in [6.45, 7) is 0. The number of hydrogen-bond acceptors (Lipinski definition) is 6. The van der Waals surface area contributed by atoms with E-state index in [-0.39, 0.29) is 11.3 Å². The topological polar surface area (TPSA) is 67.1 Å². The highest BCUT2D eigenvalue weighted by Gasteiger charge is 2.58. The van der Waals surface area contributed by atoms with Gasteiger partial charge in [-0.2, -0.15) is 5.10 Å². The number of nitrogens with one attached hydrogen (secondary N) is 1. The van der Waals surface area contributed by atoms with Gasteiger partial charge in [0.05, 0.1) is 16.7 Å². The zero-order valence-corrected chi connectivity index (χ0v) is 21.8. The van der Waals surface area contributed by atoms with Crippen LogP contribution in [0.5, 0.6) is 5.75 Å². The number of thioether (sulfide) groups is 1. The van der Waals surface area contributed by atoms with Crippen molar-refractivity contribution in [1.82, 2.24) is 10.3 Å². The van der Waals surface area contributed by atoms with Crippen LogP contribution in [0.15, 0.2) is 110 Å². The Kier molecular flexibility index (Phi) is 5.26. The largest absolute Gasteiger partial charge is 0.457 e. The molecule has 1 aromatic heterocycles. The van der Waals surface area contributed by atoms with Gasteiger partial charge in [-0.25, -0.2) is 5.01 Å². The van der Waals surface area contributed by atoms with Crippen molar-refractivity contribution in [3.63, 3.8) is 0 Å². The van der Waals surface area contributed by atoms with Crippen LogP contribution in [0.2, 0.25) is 0 Å². The van der Waals surface area contributed by atoms with Gasteiger partial charge in [-0.15, -0.1) is 0 Å². The molecule has 2 unspecified atom stereocenters. The molecule has 3 aliphatic heterocycles. The smallest absolute Gasteiger partial charge is 0.314 e. The maximum Gasteiger partial charge on any atom is 0.314 e. The second-order valence-corrected chi connectivity index (χ2v) is 10.9. The fourth-order valence-electron chi connectivity index (χ4n) is 5.01. The quantitative estimate of drug-likeness (QED) is 0.278. The molecule has 6 nitrogen and oxygen atoms in total. The minimum absolute atomic E-state index is 0.115. The van der Waals surface area contributed by atoms with Crippen molar-refractivity contribution in [2.45, 2.75) is 18.3 Å². The van der Waals surface area contributed by atoms with Gasteiger partial charge in [-0.05, 0) is 53.7 Å². The van der Waals surface area contributed by atoms with Crippen LogP contribution in [-0.2, 0) is 0 Å². The Labute approximate surface area is 226 Å². The summed E-state index contributed by atoms with van der Waals surface area (Å²) in [7, 11) is 0. The van der Waals surface area contributed by atoms with Gasteiger partial charge in [0.2, 0.25) is 0 Å². The number of rotatable bonds is 3. The number of fused-ring (bicyclic) bond motifs is 4. The van der Waals surface area contributed by atoms with Gasteiger partial charge < -0.3 is 9.15 Å². The number of carbonyl (C=O) groups is 1. The van der Waals surface area contributed by atoms with Crippen molar-refractivity contribution in [3.05, 3.63) is 117 Å². The van der Waals surface area contributed by atoms with E-state index in [4.69, 9.17) is 14.3 Å². The van der Waals surface area contributed by atoms with Crippen molar-refractivity contribution in [2.24, 2.45) is 5.10 Å². The molecular formula is C29H20BrN3O3S. The number of amides is 1. The molecule has 1 amide bonds. The lowest BCUT2D eigenvalue weighted by atomic mass is 9.96. The van der Waals surface area contributed by atoms with Crippen molar-refractivity contribution >= 4 is 44.7 Å². The van der Waals surface area contributed by atoms with Crippen LogP contribution in [0.25, 0.3) is 17.4 Å². The molecule has 1 saturated heterocycles. The first kappa shape index (κ1) is 22.4. The number of hydrazone groups is 1. The predicted molar refractivity (Wildman–Crippen MR) is 148 cm³/mol. The molecule has 0 saturated carbocycles. The number of nitrogens with zero attached hydrogens (tertiary/aromatic N) is 2. The summed E-state index contributed by atoms with van der Waals surface area (Å²) in [6.07, 6.45) is 2.55. The van der Waals surface area contributed by atoms with E-state index in [0.29, 0.717) is 22.8 Å². The van der Waals surface area contributed by atoms with E-state index in [1.807, 2.05) is 83.9 Å². The van der Waals surface area contributed by atoms with Crippen LogP contribution in [0.1, 0.15) is 29.3 Å². The van der Waals surface area contributed by atoms with Crippen molar-refractivity contribution in [3.8, 4) is 17.1 Å². The van der Waals surface area contributed by atoms with Gasteiger partial charge in [0.15, 0.2) is 0 Å². The number of halogens is 1. The van der Waals surface area contributed by atoms with Gasteiger partial charge in [0.25, 0.3) is 5.24 Å². The number of hydrogen-bond donors (Lipinski definition) is 1. The van der Waals surface area contributed by atoms with Gasteiger partial charge in [0, 0.05) is 22.0 Å². The normalized spacial score (nSPS) is 23.0. The van der Waals surface area contributed by atoms with E-state index in [1.165, 1.54) is 0 Å². The van der Waals surface area contributed by atoms with Crippen LogP contribution in [-0.4, -0.2) is 21.8 Å². The number of furan rings is 1. The summed E-state index contributed by atoms with van der Waals surface area (Å²) in [4.78, 5) is 13.5.